The molecule has 9 nitrogen and oxygen atoms in total. The van der Waals surface area contributed by atoms with Crippen molar-refractivity contribution in [2.24, 2.45) is 11.5 Å². The Kier molecular flexibility index (Phi) is 9.76. The number of carbonyl (C=O) groups excluding carboxylic acids is 1. The van der Waals surface area contributed by atoms with E-state index in [2.05, 4.69) is 5.32 Å². The summed E-state index contributed by atoms with van der Waals surface area (Å²) in [6.07, 6.45) is -0.994. The number of primary amides is 1. The highest BCUT2D eigenvalue weighted by Gasteiger charge is 2.09. The molecule has 2 amide bonds. The van der Waals surface area contributed by atoms with E-state index in [1.807, 2.05) is 0 Å². The number of nitrogens with one attached hydrogen (secondary N) is 1. The minimum Gasteiger partial charge on any atom is -0.480 e. The molecule has 0 unspecified atom stereocenters. The first kappa shape index (κ1) is 16.4. The van der Waals surface area contributed by atoms with Gasteiger partial charge in [-0.25, -0.2) is 9.59 Å². The van der Waals surface area contributed by atoms with Crippen molar-refractivity contribution in [1.29, 1.82) is 0 Å². The molecule has 0 aromatic heterocycles. The van der Waals surface area contributed by atoms with Gasteiger partial charge in [0.2, 0.25) is 0 Å². The Labute approximate surface area is 91.0 Å². The van der Waals surface area contributed by atoms with Crippen LogP contribution in [-0.4, -0.2) is 46.1 Å². The largest absolute Gasteiger partial charge is 0.503 e. The minimum atomic E-state index is -1.83. The lowest BCUT2D eigenvalue weighted by Gasteiger charge is -2.05. The van der Waals surface area contributed by atoms with Crippen molar-refractivity contribution >= 4 is 18.2 Å². The van der Waals surface area contributed by atoms with Crippen LogP contribution in [0, 0.1) is 0 Å². The first-order valence-electron chi connectivity index (χ1n) is 4.21. The Morgan fingerprint density at radius 3 is 1.94 bits per heavy atom. The third kappa shape index (κ3) is 17.9. The minimum absolute atomic E-state index is 0.329. The van der Waals surface area contributed by atoms with Crippen LogP contribution in [0.3, 0.4) is 0 Å². The molecule has 94 valence electrons. The average Bonchev–Trinajstić information content (AvgIpc) is 2.10. The van der Waals surface area contributed by atoms with Crippen LogP contribution in [-0.2, 0) is 4.79 Å². The molecule has 0 aliphatic heterocycles. The molecule has 0 heterocycles. The molecular formula is C7H15N3O6. The number of hydrogen-bond acceptors (Lipinski definition) is 4. The SMILES string of the molecule is NC(=O)NCCC[C@H](N)C(=O)O.O=C(O)O. The van der Waals surface area contributed by atoms with Crippen LogP contribution in [0.5, 0.6) is 0 Å². The molecule has 0 spiro atoms. The maximum atomic E-state index is 10.2. The second kappa shape index (κ2) is 9.52. The van der Waals surface area contributed by atoms with Gasteiger partial charge >= 0.3 is 18.2 Å². The Morgan fingerprint density at radius 1 is 1.19 bits per heavy atom. The second-order valence-corrected chi connectivity index (χ2v) is 2.66. The number of carbonyl (C=O) groups is 3. The van der Waals surface area contributed by atoms with Gasteiger partial charge < -0.3 is 32.1 Å². The molecule has 0 aliphatic rings. The van der Waals surface area contributed by atoms with Crippen LogP contribution >= 0.6 is 0 Å². The number of amides is 2. The fourth-order valence-corrected chi connectivity index (χ4v) is 0.657. The molecule has 0 aliphatic carbocycles. The number of aliphatic carboxylic acids is 1. The van der Waals surface area contributed by atoms with Crippen LogP contribution in [0.1, 0.15) is 12.8 Å². The summed E-state index contributed by atoms with van der Waals surface area (Å²) in [5, 5.41) is 24.6. The highest BCUT2D eigenvalue weighted by molar-refractivity contribution is 5.73. The fraction of sp³-hybridized carbons (Fsp3) is 0.571. The van der Waals surface area contributed by atoms with E-state index in [1.165, 1.54) is 0 Å². The molecule has 1 atom stereocenters. The van der Waals surface area contributed by atoms with Crippen molar-refractivity contribution in [2.75, 3.05) is 6.54 Å². The van der Waals surface area contributed by atoms with Gasteiger partial charge in [0.25, 0.3) is 0 Å². The number of hydrogen-bond donors (Lipinski definition) is 6. The molecule has 0 radical (unpaired) electrons. The van der Waals surface area contributed by atoms with Gasteiger partial charge in [-0.05, 0) is 12.8 Å². The third-order valence-electron chi connectivity index (χ3n) is 1.31. The number of carboxylic acid groups (broad SMARTS) is 3. The first-order valence-corrected chi connectivity index (χ1v) is 4.21. The van der Waals surface area contributed by atoms with E-state index in [0.717, 1.165) is 0 Å². The second-order valence-electron chi connectivity index (χ2n) is 2.66. The quantitative estimate of drug-likeness (QED) is 0.334. The smallest absolute Gasteiger partial charge is 0.480 e. The lowest BCUT2D eigenvalue weighted by Crippen LogP contribution is -2.33. The van der Waals surface area contributed by atoms with Gasteiger partial charge in [-0.1, -0.05) is 0 Å². The molecule has 0 rings (SSSR count). The molecule has 16 heavy (non-hydrogen) atoms. The molecule has 9 heteroatoms. The first-order chi connectivity index (χ1) is 7.27. The van der Waals surface area contributed by atoms with Crippen molar-refractivity contribution in [3.63, 3.8) is 0 Å². The molecular weight excluding hydrogens is 222 g/mol. The lowest BCUT2D eigenvalue weighted by molar-refractivity contribution is -0.138. The predicted molar refractivity (Wildman–Crippen MR) is 53.1 cm³/mol. The topological polar surface area (TPSA) is 176 Å². The Bertz CT molecular complexity index is 240. The van der Waals surface area contributed by atoms with Gasteiger partial charge in [-0.2, -0.15) is 0 Å². The van der Waals surface area contributed by atoms with Crippen LogP contribution in [0.25, 0.3) is 0 Å². The zero-order valence-corrected chi connectivity index (χ0v) is 8.42. The van der Waals surface area contributed by atoms with Gasteiger partial charge in [0.1, 0.15) is 6.04 Å². The predicted octanol–water partition coefficient (Wildman–Crippen LogP) is -0.931. The van der Waals surface area contributed by atoms with Crippen molar-refractivity contribution in [1.82, 2.24) is 5.32 Å². The van der Waals surface area contributed by atoms with E-state index >= 15 is 0 Å². The Morgan fingerprint density at radius 2 is 1.62 bits per heavy atom. The van der Waals surface area contributed by atoms with Crippen molar-refractivity contribution in [2.45, 2.75) is 18.9 Å². The summed E-state index contributed by atoms with van der Waals surface area (Å²) in [6, 6.07) is -1.47. The van der Waals surface area contributed by atoms with E-state index in [4.69, 9.17) is 31.6 Å². The summed E-state index contributed by atoms with van der Waals surface area (Å²) in [5.41, 5.74) is 9.96. The van der Waals surface area contributed by atoms with E-state index in [0.29, 0.717) is 19.4 Å². The summed E-state index contributed by atoms with van der Waals surface area (Å²) in [7, 11) is 0. The van der Waals surface area contributed by atoms with Gasteiger partial charge in [-0.15, -0.1) is 0 Å². The third-order valence-corrected chi connectivity index (χ3v) is 1.31. The van der Waals surface area contributed by atoms with Gasteiger partial charge in [0, 0.05) is 6.54 Å². The molecule has 8 N–H and O–H groups in total. The zero-order chi connectivity index (χ0) is 13.1. The number of carboxylic acids is 1. The molecule has 0 aromatic rings. The van der Waals surface area contributed by atoms with Gasteiger partial charge in [0.05, 0.1) is 0 Å². The molecule has 0 aromatic carbocycles. The van der Waals surface area contributed by atoms with Crippen LogP contribution < -0.4 is 16.8 Å². The maximum absolute atomic E-state index is 10.2. The molecule has 0 saturated heterocycles. The molecule has 0 bridgehead atoms. The Hall–Kier alpha value is -2.03. The summed E-state index contributed by atoms with van der Waals surface area (Å²) < 4.78 is 0. The fourth-order valence-electron chi connectivity index (χ4n) is 0.657. The van der Waals surface area contributed by atoms with Crippen LogP contribution in [0.2, 0.25) is 0 Å². The summed E-state index contributed by atoms with van der Waals surface area (Å²) >= 11 is 0. The summed E-state index contributed by atoms with van der Waals surface area (Å²) in [4.78, 5) is 28.9. The highest BCUT2D eigenvalue weighted by atomic mass is 16.6. The summed E-state index contributed by atoms with van der Waals surface area (Å²) in [5.74, 6) is -1.03. The van der Waals surface area contributed by atoms with E-state index < -0.39 is 24.2 Å². The standard InChI is InChI=1S/C6H13N3O3.CH2O3/c7-4(5(10)11)2-1-3-9-6(8)12;2-1(3)4/h4H,1-3,7H2,(H,10,11)(H3,8,9,12);(H2,2,3,4)/t4-;/m0./s1. The van der Waals surface area contributed by atoms with E-state index in [9.17, 15) is 9.59 Å². The van der Waals surface area contributed by atoms with E-state index in [1.54, 1.807) is 0 Å². The Balaban J connectivity index is 0. The zero-order valence-electron chi connectivity index (χ0n) is 8.42. The number of rotatable bonds is 5. The van der Waals surface area contributed by atoms with Crippen LogP contribution in [0.15, 0.2) is 0 Å². The van der Waals surface area contributed by atoms with E-state index in [-0.39, 0.29) is 0 Å². The monoisotopic (exact) mass is 237 g/mol. The normalized spacial score (nSPS) is 10.6. The lowest BCUT2D eigenvalue weighted by atomic mass is 10.2. The summed E-state index contributed by atoms with van der Waals surface area (Å²) in [6.45, 7) is 0.357. The van der Waals surface area contributed by atoms with Crippen molar-refractivity contribution in [3.8, 4) is 0 Å². The highest BCUT2D eigenvalue weighted by Crippen LogP contribution is 1.92. The maximum Gasteiger partial charge on any atom is 0.503 e. The van der Waals surface area contributed by atoms with Crippen molar-refractivity contribution in [3.05, 3.63) is 0 Å². The average molecular weight is 237 g/mol. The van der Waals surface area contributed by atoms with Gasteiger partial charge in [0.15, 0.2) is 0 Å². The molecule has 0 fully saturated rings. The molecule has 0 saturated carbocycles. The number of nitrogens with two attached hydrogens (primary N) is 2. The van der Waals surface area contributed by atoms with Crippen LogP contribution in [0.4, 0.5) is 9.59 Å². The number of urea groups is 1. The van der Waals surface area contributed by atoms with Gasteiger partial charge in [-0.3, -0.25) is 4.79 Å². The van der Waals surface area contributed by atoms with Crippen molar-refractivity contribution < 1.29 is 29.7 Å².